The van der Waals surface area contributed by atoms with Crippen molar-refractivity contribution in [2.75, 3.05) is 17.7 Å². The van der Waals surface area contributed by atoms with E-state index in [1.807, 2.05) is 61.5 Å². The monoisotopic (exact) mass is 379 g/mol. The molecule has 3 N–H and O–H groups in total. The smallest absolute Gasteiger partial charge is 0.309 e. The summed E-state index contributed by atoms with van der Waals surface area (Å²) in [6.07, 6.45) is 0.115. The molecule has 0 amide bonds. The van der Waals surface area contributed by atoms with Gasteiger partial charge in [0.25, 0.3) is 0 Å². The van der Waals surface area contributed by atoms with Crippen molar-refractivity contribution in [2.24, 2.45) is 0 Å². The van der Waals surface area contributed by atoms with E-state index >= 15 is 0 Å². The van der Waals surface area contributed by atoms with Crippen LogP contribution in [0.25, 0.3) is 0 Å². The van der Waals surface area contributed by atoms with E-state index in [1.54, 1.807) is 0 Å². The van der Waals surface area contributed by atoms with Crippen LogP contribution in [-0.4, -0.2) is 27.5 Å². The summed E-state index contributed by atoms with van der Waals surface area (Å²) in [5, 5.41) is 3.05. The van der Waals surface area contributed by atoms with Crippen LogP contribution in [0.1, 0.15) is 17.8 Å². The highest BCUT2D eigenvalue weighted by atomic mass is 16.5. The number of para-hydroxylation sites is 1. The fraction of sp³-hybridized carbons (Fsp3) is 0.200. The average Bonchev–Trinajstić information content (AvgIpc) is 2.69. The Balaban J connectivity index is 1.50. The number of esters is 1. The molecule has 0 spiro atoms. The highest BCUT2D eigenvalue weighted by Crippen LogP contribution is 2.14. The fourth-order valence-electron chi connectivity index (χ4n) is 2.31. The molecule has 2 aromatic carbocycles. The third-order valence-corrected chi connectivity index (χ3v) is 3.69. The quantitative estimate of drug-likeness (QED) is 0.574. The van der Waals surface area contributed by atoms with Crippen molar-refractivity contribution in [3.8, 4) is 5.75 Å². The Kier molecular flexibility index (Phi) is 6.35. The van der Waals surface area contributed by atoms with E-state index in [9.17, 15) is 4.79 Å². The zero-order valence-corrected chi connectivity index (χ0v) is 15.5. The number of rotatable bonds is 8. The predicted octanol–water partition coefficient (Wildman–Crippen LogP) is 3.02. The van der Waals surface area contributed by atoms with E-state index in [2.05, 4.69) is 20.3 Å². The maximum Gasteiger partial charge on any atom is 0.309 e. The number of benzene rings is 2. The minimum absolute atomic E-state index is 0.0445. The van der Waals surface area contributed by atoms with Gasteiger partial charge < -0.3 is 20.5 Å². The molecule has 8 heteroatoms. The first-order valence-corrected chi connectivity index (χ1v) is 8.76. The van der Waals surface area contributed by atoms with Crippen molar-refractivity contribution in [3.05, 3.63) is 66.0 Å². The fourth-order valence-corrected chi connectivity index (χ4v) is 2.31. The maximum absolute atomic E-state index is 11.9. The highest BCUT2D eigenvalue weighted by Gasteiger charge is 2.09. The Morgan fingerprint density at radius 1 is 1.04 bits per heavy atom. The molecule has 0 fully saturated rings. The maximum atomic E-state index is 11.9. The second kappa shape index (κ2) is 9.31. The molecule has 0 saturated carbocycles. The highest BCUT2D eigenvalue weighted by molar-refractivity contribution is 5.69. The molecule has 144 valence electrons. The molecule has 3 aromatic rings. The van der Waals surface area contributed by atoms with E-state index in [0.717, 1.165) is 11.3 Å². The van der Waals surface area contributed by atoms with Gasteiger partial charge in [0.1, 0.15) is 5.75 Å². The van der Waals surface area contributed by atoms with Crippen LogP contribution in [0.15, 0.2) is 54.6 Å². The number of nitrogens with zero attached hydrogens (tertiary/aromatic N) is 3. The molecule has 0 radical (unpaired) electrons. The second-order valence-electron chi connectivity index (χ2n) is 6.00. The van der Waals surface area contributed by atoms with Crippen molar-refractivity contribution in [1.29, 1.82) is 0 Å². The van der Waals surface area contributed by atoms with Gasteiger partial charge in [-0.1, -0.05) is 35.9 Å². The number of carbonyl (C=O) groups excluding carboxylic acids is 1. The van der Waals surface area contributed by atoms with Crippen LogP contribution in [0, 0.1) is 6.92 Å². The Morgan fingerprint density at radius 2 is 1.79 bits per heavy atom. The number of aromatic nitrogens is 3. The Labute approximate surface area is 162 Å². The molecule has 0 bridgehead atoms. The van der Waals surface area contributed by atoms with Gasteiger partial charge >= 0.3 is 5.97 Å². The molecular formula is C20H21N5O3. The molecule has 28 heavy (non-hydrogen) atoms. The van der Waals surface area contributed by atoms with Crippen LogP contribution < -0.4 is 15.8 Å². The summed E-state index contributed by atoms with van der Waals surface area (Å²) in [6, 6.07) is 17.0. The Bertz CT molecular complexity index is 917. The van der Waals surface area contributed by atoms with Crippen LogP contribution in [0.5, 0.6) is 5.75 Å². The number of anilines is 3. The molecule has 0 atom stereocenters. The van der Waals surface area contributed by atoms with Crippen molar-refractivity contribution in [2.45, 2.75) is 20.0 Å². The van der Waals surface area contributed by atoms with Crippen LogP contribution in [0.2, 0.25) is 0 Å². The number of hydrogen-bond acceptors (Lipinski definition) is 8. The third kappa shape index (κ3) is 5.94. The molecule has 0 saturated heterocycles. The molecule has 3 rings (SSSR count). The number of ether oxygens (including phenoxy) is 2. The lowest BCUT2D eigenvalue weighted by atomic mass is 10.2. The molecule has 0 aliphatic heterocycles. The summed E-state index contributed by atoms with van der Waals surface area (Å²) in [5.74, 6) is 0.882. The molecule has 8 nitrogen and oxygen atoms in total. The van der Waals surface area contributed by atoms with E-state index in [-0.39, 0.29) is 37.4 Å². The lowest BCUT2D eigenvalue weighted by molar-refractivity contribution is -0.145. The van der Waals surface area contributed by atoms with Gasteiger partial charge in [-0.25, -0.2) is 0 Å². The van der Waals surface area contributed by atoms with Gasteiger partial charge in [0, 0.05) is 5.69 Å². The number of nitrogens with one attached hydrogen (secondary N) is 1. The summed E-state index contributed by atoms with van der Waals surface area (Å²) in [5.41, 5.74) is 7.69. The van der Waals surface area contributed by atoms with Gasteiger partial charge in [0.05, 0.1) is 13.0 Å². The van der Waals surface area contributed by atoms with E-state index < -0.39 is 5.97 Å². The molecule has 1 aromatic heterocycles. The SMILES string of the molecule is Cc1ccc(Nc2nc(N)nc(COC(=O)CCOc3ccccc3)n2)cc1. The molecule has 0 unspecified atom stereocenters. The summed E-state index contributed by atoms with van der Waals surface area (Å²) < 4.78 is 10.7. The van der Waals surface area contributed by atoms with Crippen molar-refractivity contribution < 1.29 is 14.3 Å². The van der Waals surface area contributed by atoms with Crippen LogP contribution >= 0.6 is 0 Å². The normalized spacial score (nSPS) is 10.3. The van der Waals surface area contributed by atoms with E-state index in [4.69, 9.17) is 15.2 Å². The number of nitrogens with two attached hydrogens (primary N) is 1. The number of carbonyl (C=O) groups is 1. The van der Waals surface area contributed by atoms with Crippen molar-refractivity contribution in [3.63, 3.8) is 0 Å². The zero-order chi connectivity index (χ0) is 19.8. The van der Waals surface area contributed by atoms with Crippen LogP contribution in [0.4, 0.5) is 17.6 Å². The second-order valence-corrected chi connectivity index (χ2v) is 6.00. The minimum atomic E-state index is -0.414. The van der Waals surface area contributed by atoms with Crippen molar-refractivity contribution in [1.82, 2.24) is 15.0 Å². The largest absolute Gasteiger partial charge is 0.493 e. The summed E-state index contributed by atoms with van der Waals surface area (Å²) in [6.45, 7) is 2.13. The lowest BCUT2D eigenvalue weighted by Gasteiger charge is -2.09. The van der Waals surface area contributed by atoms with E-state index in [0.29, 0.717) is 5.75 Å². The molecule has 0 aliphatic carbocycles. The predicted molar refractivity (Wildman–Crippen MR) is 105 cm³/mol. The molecule has 0 aliphatic rings. The Hall–Kier alpha value is -3.68. The number of hydrogen-bond donors (Lipinski definition) is 2. The van der Waals surface area contributed by atoms with Crippen LogP contribution in [0.3, 0.4) is 0 Å². The summed E-state index contributed by atoms with van der Waals surface area (Å²) in [4.78, 5) is 24.2. The van der Waals surface area contributed by atoms with Gasteiger partial charge in [0.2, 0.25) is 11.9 Å². The van der Waals surface area contributed by atoms with Gasteiger partial charge in [-0.3, -0.25) is 4.79 Å². The van der Waals surface area contributed by atoms with Crippen molar-refractivity contribution >= 4 is 23.6 Å². The molecule has 1 heterocycles. The number of nitrogen functional groups attached to an aromatic ring is 1. The summed E-state index contributed by atoms with van der Waals surface area (Å²) in [7, 11) is 0. The average molecular weight is 379 g/mol. The van der Waals surface area contributed by atoms with E-state index in [1.165, 1.54) is 0 Å². The standard InChI is InChI=1S/C20H21N5O3/c1-14-7-9-15(10-8-14)22-20-24-17(23-19(21)25-20)13-28-18(26)11-12-27-16-5-3-2-4-6-16/h2-10H,11-13H2,1H3,(H3,21,22,23,24,25). The van der Waals surface area contributed by atoms with Crippen LogP contribution in [-0.2, 0) is 16.1 Å². The zero-order valence-electron chi connectivity index (χ0n) is 15.5. The summed E-state index contributed by atoms with van der Waals surface area (Å²) >= 11 is 0. The first-order valence-electron chi connectivity index (χ1n) is 8.76. The minimum Gasteiger partial charge on any atom is -0.493 e. The molecular weight excluding hydrogens is 358 g/mol. The van der Waals surface area contributed by atoms with Gasteiger partial charge in [-0.2, -0.15) is 15.0 Å². The van der Waals surface area contributed by atoms with Gasteiger partial charge in [0.15, 0.2) is 12.4 Å². The van der Waals surface area contributed by atoms with Gasteiger partial charge in [-0.05, 0) is 31.2 Å². The van der Waals surface area contributed by atoms with Gasteiger partial charge in [-0.15, -0.1) is 0 Å². The topological polar surface area (TPSA) is 112 Å². The first kappa shape index (κ1) is 19.1. The number of aryl methyl sites for hydroxylation is 1. The third-order valence-electron chi connectivity index (χ3n) is 3.69. The first-order chi connectivity index (χ1) is 13.6. The Morgan fingerprint density at radius 3 is 2.54 bits per heavy atom. The lowest BCUT2D eigenvalue weighted by Crippen LogP contribution is -2.13.